The van der Waals surface area contributed by atoms with Gasteiger partial charge in [0.1, 0.15) is 17.2 Å². The van der Waals surface area contributed by atoms with Crippen molar-refractivity contribution >= 4 is 23.1 Å². The van der Waals surface area contributed by atoms with E-state index in [2.05, 4.69) is 4.98 Å². The van der Waals surface area contributed by atoms with Crippen LogP contribution in [0.2, 0.25) is 0 Å². The Hall–Kier alpha value is -3.52. The van der Waals surface area contributed by atoms with E-state index in [9.17, 15) is 19.1 Å². The van der Waals surface area contributed by atoms with E-state index in [-0.39, 0.29) is 23.4 Å². The molecule has 7 nitrogen and oxygen atoms in total. The van der Waals surface area contributed by atoms with E-state index in [4.69, 9.17) is 0 Å². The standard InChI is InChI=1S/C23H23FN4O3/c1-14-19(27-11-7-6-10-17(27)25-14)21(29)18-20(15-8-4-5-9-16(15)24)28(13-12-26(2)3)23(31)22(18)30/h4-11,20,29H,12-13H2,1-3H3/b21-18+/t20-/m1/s1. The predicted octanol–water partition coefficient (Wildman–Crippen LogP) is 2.77. The summed E-state index contributed by atoms with van der Waals surface area (Å²) in [7, 11) is 3.69. The lowest BCUT2D eigenvalue weighted by Gasteiger charge is -2.26. The quantitative estimate of drug-likeness (QED) is 0.389. The smallest absolute Gasteiger partial charge is 0.295 e. The fraction of sp³-hybridized carbons (Fsp3) is 0.261. The van der Waals surface area contributed by atoms with Crippen molar-refractivity contribution in [2.45, 2.75) is 13.0 Å². The maximum Gasteiger partial charge on any atom is 0.295 e. The van der Waals surface area contributed by atoms with E-state index >= 15 is 0 Å². The van der Waals surface area contributed by atoms with Crippen LogP contribution in [-0.2, 0) is 9.59 Å². The third kappa shape index (κ3) is 3.48. The van der Waals surface area contributed by atoms with Crippen LogP contribution in [0.15, 0.2) is 54.2 Å². The molecule has 1 N–H and O–H groups in total. The molecule has 1 atom stereocenters. The van der Waals surface area contributed by atoms with Gasteiger partial charge in [-0.05, 0) is 39.2 Å². The number of amides is 1. The second-order valence-corrected chi connectivity index (χ2v) is 7.79. The first-order chi connectivity index (χ1) is 14.8. The van der Waals surface area contributed by atoms with Gasteiger partial charge in [0.2, 0.25) is 0 Å². The van der Waals surface area contributed by atoms with E-state index in [1.165, 1.54) is 17.0 Å². The van der Waals surface area contributed by atoms with Crippen molar-refractivity contribution in [3.8, 4) is 0 Å². The minimum absolute atomic E-state index is 0.136. The van der Waals surface area contributed by atoms with Crippen LogP contribution >= 0.6 is 0 Å². The molecule has 0 unspecified atom stereocenters. The lowest BCUT2D eigenvalue weighted by Crippen LogP contribution is -2.35. The summed E-state index contributed by atoms with van der Waals surface area (Å²) in [5.74, 6) is -2.52. The van der Waals surface area contributed by atoms with Crippen molar-refractivity contribution in [2.75, 3.05) is 27.2 Å². The van der Waals surface area contributed by atoms with Crippen LogP contribution in [0.1, 0.15) is 23.0 Å². The lowest BCUT2D eigenvalue weighted by molar-refractivity contribution is -0.140. The van der Waals surface area contributed by atoms with Gasteiger partial charge < -0.3 is 14.9 Å². The first-order valence-corrected chi connectivity index (χ1v) is 9.93. The molecular formula is C23H23FN4O3. The number of hydrogen-bond donors (Lipinski definition) is 1. The number of nitrogens with zero attached hydrogens (tertiary/aromatic N) is 4. The Bertz CT molecular complexity index is 1210. The van der Waals surface area contributed by atoms with Gasteiger partial charge in [-0.3, -0.25) is 14.0 Å². The van der Waals surface area contributed by atoms with Crippen molar-refractivity contribution < 1.29 is 19.1 Å². The summed E-state index contributed by atoms with van der Waals surface area (Å²) in [5.41, 5.74) is 1.42. The van der Waals surface area contributed by atoms with Crippen LogP contribution in [0, 0.1) is 12.7 Å². The molecular weight excluding hydrogens is 399 g/mol. The van der Waals surface area contributed by atoms with Gasteiger partial charge in [-0.1, -0.05) is 24.3 Å². The third-order valence-electron chi connectivity index (χ3n) is 5.46. The zero-order valence-corrected chi connectivity index (χ0v) is 17.5. The van der Waals surface area contributed by atoms with Gasteiger partial charge in [-0.15, -0.1) is 0 Å². The zero-order chi connectivity index (χ0) is 22.3. The van der Waals surface area contributed by atoms with E-state index in [0.29, 0.717) is 23.6 Å². The van der Waals surface area contributed by atoms with E-state index in [0.717, 1.165) is 0 Å². The summed E-state index contributed by atoms with van der Waals surface area (Å²) in [5, 5.41) is 11.3. The van der Waals surface area contributed by atoms with E-state index < -0.39 is 23.5 Å². The second kappa shape index (κ2) is 7.96. The molecule has 160 valence electrons. The second-order valence-electron chi connectivity index (χ2n) is 7.79. The van der Waals surface area contributed by atoms with E-state index in [1.54, 1.807) is 41.8 Å². The number of fused-ring (bicyclic) bond motifs is 1. The van der Waals surface area contributed by atoms with Gasteiger partial charge in [0.05, 0.1) is 17.3 Å². The number of aromatic nitrogens is 2. The largest absolute Gasteiger partial charge is 0.505 e. The number of aryl methyl sites for hydroxylation is 1. The number of aliphatic hydroxyl groups excluding tert-OH is 1. The number of halogens is 1. The number of imidazole rings is 1. The molecule has 4 rings (SSSR count). The molecule has 8 heteroatoms. The number of carbonyl (C=O) groups is 2. The number of benzene rings is 1. The van der Waals surface area contributed by atoms with Crippen LogP contribution in [0.4, 0.5) is 4.39 Å². The van der Waals surface area contributed by atoms with E-state index in [1.807, 2.05) is 25.1 Å². The Labute approximate surface area is 179 Å². The lowest BCUT2D eigenvalue weighted by atomic mass is 9.96. The number of carbonyl (C=O) groups excluding carboxylic acids is 2. The Morgan fingerprint density at radius 3 is 2.58 bits per heavy atom. The Morgan fingerprint density at radius 1 is 1.16 bits per heavy atom. The average Bonchev–Trinajstić information content (AvgIpc) is 3.20. The highest BCUT2D eigenvalue weighted by Gasteiger charge is 2.47. The fourth-order valence-electron chi connectivity index (χ4n) is 3.96. The Kier molecular flexibility index (Phi) is 5.32. The predicted molar refractivity (Wildman–Crippen MR) is 114 cm³/mol. The molecule has 0 bridgehead atoms. The van der Waals surface area contributed by atoms with Crippen LogP contribution in [0.5, 0.6) is 0 Å². The number of aliphatic hydroxyl groups is 1. The third-order valence-corrected chi connectivity index (χ3v) is 5.46. The topological polar surface area (TPSA) is 78.1 Å². The molecule has 0 spiro atoms. The summed E-state index contributed by atoms with van der Waals surface area (Å²) >= 11 is 0. The molecule has 1 aliphatic rings. The first kappa shape index (κ1) is 20.7. The van der Waals surface area contributed by atoms with Crippen molar-refractivity contribution in [3.63, 3.8) is 0 Å². The maximum atomic E-state index is 14.8. The Morgan fingerprint density at radius 2 is 1.87 bits per heavy atom. The molecule has 1 aromatic carbocycles. The SMILES string of the molecule is Cc1nc2ccccn2c1/C(O)=C1\C(=O)C(=O)N(CCN(C)C)[C@@H]1c1ccccc1F. The minimum atomic E-state index is -1.03. The first-order valence-electron chi connectivity index (χ1n) is 9.93. The molecule has 1 saturated heterocycles. The molecule has 0 aliphatic carbocycles. The molecule has 31 heavy (non-hydrogen) atoms. The molecule has 1 fully saturated rings. The maximum absolute atomic E-state index is 14.8. The van der Waals surface area contributed by atoms with Gasteiger partial charge in [-0.25, -0.2) is 9.37 Å². The summed E-state index contributed by atoms with van der Waals surface area (Å²) in [6.45, 7) is 2.40. The van der Waals surface area contributed by atoms with Crippen molar-refractivity contribution in [1.82, 2.24) is 19.2 Å². The molecule has 2 aromatic heterocycles. The molecule has 3 heterocycles. The highest BCUT2D eigenvalue weighted by Crippen LogP contribution is 2.40. The van der Waals surface area contributed by atoms with Crippen LogP contribution in [-0.4, -0.2) is 63.2 Å². The number of Topliss-reactive ketones (excluding diaryl/α,β-unsaturated/α-hetero) is 1. The van der Waals surface area contributed by atoms with Gasteiger partial charge in [0.25, 0.3) is 11.7 Å². The van der Waals surface area contributed by atoms with Crippen molar-refractivity contribution in [1.29, 1.82) is 0 Å². The van der Waals surface area contributed by atoms with Crippen LogP contribution in [0.3, 0.4) is 0 Å². The monoisotopic (exact) mass is 422 g/mol. The number of rotatable bonds is 5. The van der Waals surface area contributed by atoms with Crippen LogP contribution < -0.4 is 0 Å². The van der Waals surface area contributed by atoms with Crippen LogP contribution in [0.25, 0.3) is 11.4 Å². The van der Waals surface area contributed by atoms with Gasteiger partial charge in [0.15, 0.2) is 5.76 Å². The minimum Gasteiger partial charge on any atom is -0.505 e. The Balaban J connectivity index is 1.95. The molecule has 3 aromatic rings. The van der Waals surface area contributed by atoms with Gasteiger partial charge in [0, 0.05) is 24.8 Å². The highest BCUT2D eigenvalue weighted by molar-refractivity contribution is 6.46. The molecule has 0 saturated carbocycles. The summed E-state index contributed by atoms with van der Waals surface area (Å²) in [4.78, 5) is 33.6. The van der Waals surface area contributed by atoms with Gasteiger partial charge in [-0.2, -0.15) is 0 Å². The molecule has 1 aliphatic heterocycles. The molecule has 0 radical (unpaired) electrons. The number of likely N-dealkylation sites (tertiary alicyclic amines) is 1. The summed E-state index contributed by atoms with van der Waals surface area (Å²) < 4.78 is 16.4. The van der Waals surface area contributed by atoms with Crippen molar-refractivity contribution in [3.05, 3.63) is 77.0 Å². The average molecular weight is 422 g/mol. The highest BCUT2D eigenvalue weighted by atomic mass is 19.1. The van der Waals surface area contributed by atoms with Crippen molar-refractivity contribution in [2.24, 2.45) is 0 Å². The number of likely N-dealkylation sites (N-methyl/N-ethyl adjacent to an activating group) is 1. The summed E-state index contributed by atoms with van der Waals surface area (Å²) in [6, 6.07) is 10.3. The zero-order valence-electron chi connectivity index (χ0n) is 17.5. The molecule has 1 amide bonds. The van der Waals surface area contributed by atoms with Gasteiger partial charge >= 0.3 is 0 Å². The fourth-order valence-corrected chi connectivity index (χ4v) is 3.96. The normalized spacial score (nSPS) is 18.5. The summed E-state index contributed by atoms with van der Waals surface area (Å²) in [6.07, 6.45) is 1.71. The number of pyridine rings is 1. The number of hydrogen-bond acceptors (Lipinski definition) is 5. The number of ketones is 1.